The molecular formula is C14H13Cl3N2. The summed E-state index contributed by atoms with van der Waals surface area (Å²) in [6.45, 7) is 2.09. The van der Waals surface area contributed by atoms with Crippen molar-refractivity contribution in [3.8, 4) is 0 Å². The molecule has 1 N–H and O–H groups in total. The number of aromatic nitrogens is 1. The van der Waals surface area contributed by atoms with Crippen LogP contribution in [-0.4, -0.2) is 4.98 Å². The van der Waals surface area contributed by atoms with Gasteiger partial charge in [-0.1, -0.05) is 53.9 Å². The van der Waals surface area contributed by atoms with Gasteiger partial charge in [0.15, 0.2) is 0 Å². The van der Waals surface area contributed by atoms with Crippen LogP contribution in [0, 0.1) is 0 Å². The topological polar surface area (TPSA) is 24.9 Å². The normalized spacial score (nSPS) is 12.2. The Bertz CT molecular complexity index is 572. The molecule has 0 spiro atoms. The average molecular weight is 316 g/mol. The van der Waals surface area contributed by atoms with Gasteiger partial charge in [-0.25, -0.2) is 4.98 Å². The lowest BCUT2D eigenvalue weighted by Gasteiger charge is -2.18. The van der Waals surface area contributed by atoms with Gasteiger partial charge in [-0.3, -0.25) is 0 Å². The van der Waals surface area contributed by atoms with Crippen LogP contribution in [0.25, 0.3) is 0 Å². The summed E-state index contributed by atoms with van der Waals surface area (Å²) in [7, 11) is 0. The Balaban J connectivity index is 2.22. The van der Waals surface area contributed by atoms with Crippen LogP contribution < -0.4 is 5.32 Å². The molecule has 1 heterocycles. The second kappa shape index (κ2) is 6.47. The van der Waals surface area contributed by atoms with Gasteiger partial charge in [-0.15, -0.1) is 0 Å². The molecule has 5 heteroatoms. The van der Waals surface area contributed by atoms with Crippen molar-refractivity contribution < 1.29 is 0 Å². The number of halogens is 3. The molecule has 0 amide bonds. The van der Waals surface area contributed by atoms with Crippen molar-refractivity contribution in [1.82, 2.24) is 4.98 Å². The van der Waals surface area contributed by atoms with E-state index in [0.717, 1.165) is 17.8 Å². The van der Waals surface area contributed by atoms with Crippen molar-refractivity contribution in [3.63, 3.8) is 0 Å². The second-order valence-corrected chi connectivity index (χ2v) is 5.33. The van der Waals surface area contributed by atoms with E-state index in [1.54, 1.807) is 12.1 Å². The second-order valence-electron chi connectivity index (χ2n) is 4.12. The maximum Gasteiger partial charge on any atom is 0.131 e. The van der Waals surface area contributed by atoms with Crippen molar-refractivity contribution in [2.75, 3.05) is 5.32 Å². The molecule has 1 aromatic heterocycles. The molecule has 1 unspecified atom stereocenters. The van der Waals surface area contributed by atoms with Gasteiger partial charge < -0.3 is 5.32 Å². The number of benzene rings is 1. The number of hydrogen-bond acceptors (Lipinski definition) is 2. The van der Waals surface area contributed by atoms with Crippen molar-refractivity contribution in [2.45, 2.75) is 19.4 Å². The maximum atomic E-state index is 6.05. The first-order valence-corrected chi connectivity index (χ1v) is 7.07. The van der Waals surface area contributed by atoms with Gasteiger partial charge >= 0.3 is 0 Å². The fourth-order valence-corrected chi connectivity index (χ4v) is 2.29. The first-order chi connectivity index (χ1) is 9.10. The Morgan fingerprint density at radius 2 is 1.89 bits per heavy atom. The standard InChI is InChI=1S/C14H13Cl3N2/c1-2-12(9-6-7-10(15)11(16)8-9)18-14-5-3-4-13(17)19-14/h3-8,12H,2H2,1H3,(H,18,19). The first-order valence-electron chi connectivity index (χ1n) is 5.94. The Morgan fingerprint density at radius 3 is 2.53 bits per heavy atom. The van der Waals surface area contributed by atoms with Crippen molar-refractivity contribution in [1.29, 1.82) is 0 Å². The highest BCUT2D eigenvalue weighted by molar-refractivity contribution is 6.42. The highest BCUT2D eigenvalue weighted by Crippen LogP contribution is 2.28. The number of nitrogens with one attached hydrogen (secondary N) is 1. The summed E-state index contributed by atoms with van der Waals surface area (Å²) in [4.78, 5) is 4.22. The minimum atomic E-state index is 0.112. The SMILES string of the molecule is CCC(Nc1cccc(Cl)n1)c1ccc(Cl)c(Cl)c1. The molecule has 19 heavy (non-hydrogen) atoms. The molecule has 2 aromatic rings. The molecular weight excluding hydrogens is 303 g/mol. The summed E-state index contributed by atoms with van der Waals surface area (Å²) in [5.41, 5.74) is 1.07. The highest BCUT2D eigenvalue weighted by atomic mass is 35.5. The van der Waals surface area contributed by atoms with Gasteiger partial charge in [0.1, 0.15) is 11.0 Å². The summed E-state index contributed by atoms with van der Waals surface area (Å²) < 4.78 is 0. The smallest absolute Gasteiger partial charge is 0.131 e. The predicted molar refractivity (Wildman–Crippen MR) is 82.4 cm³/mol. The van der Waals surface area contributed by atoms with Crippen LogP contribution in [0.2, 0.25) is 15.2 Å². The zero-order valence-corrected chi connectivity index (χ0v) is 12.6. The largest absolute Gasteiger partial charge is 0.363 e. The van der Waals surface area contributed by atoms with E-state index >= 15 is 0 Å². The number of rotatable bonds is 4. The Morgan fingerprint density at radius 1 is 1.11 bits per heavy atom. The van der Waals surface area contributed by atoms with E-state index in [0.29, 0.717) is 15.2 Å². The fourth-order valence-electron chi connectivity index (χ4n) is 1.82. The van der Waals surface area contributed by atoms with Crippen molar-refractivity contribution >= 4 is 40.6 Å². The predicted octanol–water partition coefficient (Wildman–Crippen LogP) is 5.61. The van der Waals surface area contributed by atoms with E-state index in [2.05, 4.69) is 17.2 Å². The lowest BCUT2D eigenvalue weighted by Crippen LogP contribution is -2.10. The van der Waals surface area contributed by atoms with Crippen LogP contribution in [0.3, 0.4) is 0 Å². The summed E-state index contributed by atoms with van der Waals surface area (Å²) in [5.74, 6) is 0.741. The zero-order chi connectivity index (χ0) is 13.8. The van der Waals surface area contributed by atoms with Gasteiger partial charge in [-0.05, 0) is 36.2 Å². The van der Waals surface area contributed by atoms with Crippen LogP contribution in [0.4, 0.5) is 5.82 Å². The number of nitrogens with zero attached hydrogens (tertiary/aromatic N) is 1. The third-order valence-corrected chi connectivity index (χ3v) is 3.74. The molecule has 0 aliphatic carbocycles. The third-order valence-electron chi connectivity index (χ3n) is 2.79. The minimum Gasteiger partial charge on any atom is -0.363 e. The summed E-state index contributed by atoms with van der Waals surface area (Å²) in [6, 6.07) is 11.2. The third kappa shape index (κ3) is 3.75. The molecule has 0 radical (unpaired) electrons. The number of anilines is 1. The molecule has 2 rings (SSSR count). The van der Waals surface area contributed by atoms with Crippen LogP contribution >= 0.6 is 34.8 Å². The summed E-state index contributed by atoms with van der Waals surface area (Å²) in [6.07, 6.45) is 0.895. The van der Waals surface area contributed by atoms with Crippen molar-refractivity contribution in [2.24, 2.45) is 0 Å². The minimum absolute atomic E-state index is 0.112. The summed E-state index contributed by atoms with van der Waals surface area (Å²) in [5, 5.41) is 4.91. The van der Waals surface area contributed by atoms with Gasteiger partial charge in [0.2, 0.25) is 0 Å². The van der Waals surface area contributed by atoms with Crippen LogP contribution in [0.1, 0.15) is 24.9 Å². The van der Waals surface area contributed by atoms with Gasteiger partial charge in [-0.2, -0.15) is 0 Å². The van der Waals surface area contributed by atoms with E-state index in [-0.39, 0.29) is 6.04 Å². The lowest BCUT2D eigenvalue weighted by molar-refractivity contribution is 0.745. The van der Waals surface area contributed by atoms with Gasteiger partial charge in [0, 0.05) is 0 Å². The molecule has 1 atom stereocenters. The molecule has 100 valence electrons. The van der Waals surface area contributed by atoms with Gasteiger partial charge in [0.25, 0.3) is 0 Å². The molecule has 0 saturated carbocycles. The molecule has 0 aliphatic heterocycles. The van der Waals surface area contributed by atoms with E-state index in [1.807, 2.05) is 24.3 Å². The fraction of sp³-hybridized carbons (Fsp3) is 0.214. The maximum absolute atomic E-state index is 6.05. The Labute approximate surface area is 127 Å². The molecule has 0 aliphatic rings. The average Bonchev–Trinajstić information content (AvgIpc) is 2.39. The van der Waals surface area contributed by atoms with Crippen molar-refractivity contribution in [3.05, 3.63) is 57.2 Å². The zero-order valence-electron chi connectivity index (χ0n) is 10.3. The first kappa shape index (κ1) is 14.4. The van der Waals surface area contributed by atoms with Crippen LogP contribution in [-0.2, 0) is 0 Å². The van der Waals surface area contributed by atoms with Crippen LogP contribution in [0.5, 0.6) is 0 Å². The molecule has 1 aromatic carbocycles. The van der Waals surface area contributed by atoms with E-state index < -0.39 is 0 Å². The van der Waals surface area contributed by atoms with E-state index in [4.69, 9.17) is 34.8 Å². The number of pyridine rings is 1. The van der Waals surface area contributed by atoms with E-state index in [1.165, 1.54) is 0 Å². The quantitative estimate of drug-likeness (QED) is 0.742. The highest BCUT2D eigenvalue weighted by Gasteiger charge is 2.11. The lowest BCUT2D eigenvalue weighted by atomic mass is 10.0. The molecule has 2 nitrogen and oxygen atoms in total. The monoisotopic (exact) mass is 314 g/mol. The molecule has 0 saturated heterocycles. The summed E-state index contributed by atoms with van der Waals surface area (Å²) >= 11 is 17.8. The Kier molecular flexibility index (Phi) is 4.92. The Hall–Kier alpha value is -0.960. The van der Waals surface area contributed by atoms with E-state index in [9.17, 15) is 0 Å². The molecule has 0 bridgehead atoms. The van der Waals surface area contributed by atoms with Crippen LogP contribution in [0.15, 0.2) is 36.4 Å². The van der Waals surface area contributed by atoms with Gasteiger partial charge in [0.05, 0.1) is 16.1 Å². The number of hydrogen-bond donors (Lipinski definition) is 1. The molecule has 0 fully saturated rings.